The lowest BCUT2D eigenvalue weighted by molar-refractivity contribution is 0.0595. The second-order valence-corrected chi connectivity index (χ2v) is 4.03. The second kappa shape index (κ2) is 4.20. The fourth-order valence-electron chi connectivity index (χ4n) is 1.84. The molecule has 1 heterocycles. The topological polar surface area (TPSA) is 68.5 Å². The first kappa shape index (κ1) is 11.6. The molecule has 1 aliphatic rings. The van der Waals surface area contributed by atoms with Gasteiger partial charge >= 0.3 is 5.97 Å². The molecule has 1 aromatic heterocycles. The van der Waals surface area contributed by atoms with E-state index in [1.165, 1.54) is 17.9 Å². The molecule has 0 spiro atoms. The summed E-state index contributed by atoms with van der Waals surface area (Å²) < 4.78 is 18.5. The summed E-state index contributed by atoms with van der Waals surface area (Å²) in [5.41, 5.74) is -0.540. The third-order valence-corrected chi connectivity index (χ3v) is 2.91. The SMILES string of the molecule is COC(=O)c1cn([C@H]2C[C@H](F)C2)c(=O)cc1O. The molecule has 0 amide bonds. The number of esters is 1. The lowest BCUT2D eigenvalue weighted by Crippen LogP contribution is -2.34. The molecule has 1 N–H and O–H groups in total. The lowest BCUT2D eigenvalue weighted by atomic mass is 9.90. The van der Waals surface area contributed by atoms with Gasteiger partial charge < -0.3 is 14.4 Å². The first-order chi connectivity index (χ1) is 8.02. The van der Waals surface area contributed by atoms with Gasteiger partial charge in [0.05, 0.1) is 7.11 Å². The zero-order valence-electron chi connectivity index (χ0n) is 9.22. The van der Waals surface area contributed by atoms with Gasteiger partial charge in [0.2, 0.25) is 0 Å². The molecule has 0 atom stereocenters. The van der Waals surface area contributed by atoms with E-state index in [0.717, 1.165) is 6.07 Å². The van der Waals surface area contributed by atoms with Gasteiger partial charge in [-0.1, -0.05) is 0 Å². The van der Waals surface area contributed by atoms with E-state index in [9.17, 15) is 19.1 Å². The molecule has 2 rings (SSSR count). The summed E-state index contributed by atoms with van der Waals surface area (Å²) in [6.45, 7) is 0. The summed E-state index contributed by atoms with van der Waals surface area (Å²) >= 11 is 0. The molecule has 92 valence electrons. The average molecular weight is 241 g/mol. The minimum Gasteiger partial charge on any atom is -0.507 e. The molecule has 17 heavy (non-hydrogen) atoms. The normalized spacial score (nSPS) is 22.9. The van der Waals surface area contributed by atoms with Crippen LogP contribution in [0.1, 0.15) is 29.2 Å². The van der Waals surface area contributed by atoms with Crippen molar-refractivity contribution in [3.05, 3.63) is 28.2 Å². The van der Waals surface area contributed by atoms with Crippen molar-refractivity contribution in [3.8, 4) is 5.75 Å². The van der Waals surface area contributed by atoms with Gasteiger partial charge in [-0.25, -0.2) is 9.18 Å². The summed E-state index contributed by atoms with van der Waals surface area (Å²) in [6, 6.07) is 0.694. The minimum atomic E-state index is -0.901. The fourth-order valence-corrected chi connectivity index (χ4v) is 1.84. The van der Waals surface area contributed by atoms with Crippen LogP contribution in [-0.2, 0) is 4.74 Å². The highest BCUT2D eigenvalue weighted by molar-refractivity contribution is 5.91. The maximum Gasteiger partial charge on any atom is 0.343 e. The molecular weight excluding hydrogens is 229 g/mol. The van der Waals surface area contributed by atoms with E-state index in [4.69, 9.17) is 0 Å². The zero-order chi connectivity index (χ0) is 12.6. The van der Waals surface area contributed by atoms with Crippen molar-refractivity contribution in [2.24, 2.45) is 0 Å². The molecule has 0 aliphatic heterocycles. The standard InChI is InChI=1S/C11H12FNO4/c1-17-11(16)8-5-13(7-2-6(12)3-7)10(15)4-9(8)14/h4-7,14H,2-3H2,1H3/t6-,7-. The van der Waals surface area contributed by atoms with Crippen LogP contribution in [0.3, 0.4) is 0 Å². The quantitative estimate of drug-likeness (QED) is 0.785. The molecule has 6 heteroatoms. The Morgan fingerprint density at radius 3 is 2.76 bits per heavy atom. The van der Waals surface area contributed by atoms with E-state index in [1.807, 2.05) is 0 Å². The number of aromatic hydroxyl groups is 1. The summed E-state index contributed by atoms with van der Waals surface area (Å²) in [5.74, 6) is -1.15. The first-order valence-electron chi connectivity index (χ1n) is 5.20. The van der Waals surface area contributed by atoms with E-state index in [1.54, 1.807) is 0 Å². The Bertz CT molecular complexity index is 505. The van der Waals surface area contributed by atoms with E-state index in [0.29, 0.717) is 0 Å². The molecule has 1 fully saturated rings. The molecule has 0 aromatic carbocycles. The summed E-state index contributed by atoms with van der Waals surface area (Å²) in [4.78, 5) is 22.9. The van der Waals surface area contributed by atoms with Crippen molar-refractivity contribution in [2.75, 3.05) is 7.11 Å². The van der Waals surface area contributed by atoms with Crippen LogP contribution in [0.25, 0.3) is 0 Å². The summed E-state index contributed by atoms with van der Waals surface area (Å²) in [7, 11) is 1.18. The van der Waals surface area contributed by atoms with Gasteiger partial charge in [0.25, 0.3) is 5.56 Å². The van der Waals surface area contributed by atoms with Crippen molar-refractivity contribution in [1.29, 1.82) is 0 Å². The number of methoxy groups -OCH3 is 1. The number of pyridine rings is 1. The van der Waals surface area contributed by atoms with Gasteiger partial charge in [0.15, 0.2) is 0 Å². The van der Waals surface area contributed by atoms with Crippen LogP contribution < -0.4 is 5.56 Å². The van der Waals surface area contributed by atoms with Crippen molar-refractivity contribution in [2.45, 2.75) is 25.1 Å². The number of carbonyl (C=O) groups is 1. The van der Waals surface area contributed by atoms with E-state index in [2.05, 4.69) is 4.74 Å². The number of alkyl halides is 1. The molecule has 0 saturated heterocycles. The van der Waals surface area contributed by atoms with Crippen LogP contribution in [0.15, 0.2) is 17.1 Å². The Morgan fingerprint density at radius 1 is 1.59 bits per heavy atom. The van der Waals surface area contributed by atoms with Crippen molar-refractivity contribution >= 4 is 5.97 Å². The largest absolute Gasteiger partial charge is 0.507 e. The highest BCUT2D eigenvalue weighted by Gasteiger charge is 2.31. The van der Waals surface area contributed by atoms with Gasteiger partial charge in [-0.15, -0.1) is 0 Å². The van der Waals surface area contributed by atoms with Gasteiger partial charge in [0.1, 0.15) is 17.5 Å². The molecule has 0 unspecified atom stereocenters. The maximum atomic E-state index is 12.7. The summed E-state index contributed by atoms with van der Waals surface area (Å²) in [6.07, 6.45) is 0.832. The second-order valence-electron chi connectivity index (χ2n) is 4.03. The molecule has 5 nitrogen and oxygen atoms in total. The third-order valence-electron chi connectivity index (χ3n) is 2.91. The smallest absolute Gasteiger partial charge is 0.343 e. The average Bonchev–Trinajstić information content (AvgIpc) is 2.25. The molecule has 1 aromatic rings. The molecule has 0 radical (unpaired) electrons. The van der Waals surface area contributed by atoms with Crippen LogP contribution in [0.4, 0.5) is 4.39 Å². The van der Waals surface area contributed by atoms with E-state index in [-0.39, 0.29) is 24.4 Å². The Morgan fingerprint density at radius 2 is 2.24 bits per heavy atom. The minimum absolute atomic E-state index is 0.0885. The number of halogens is 1. The zero-order valence-corrected chi connectivity index (χ0v) is 9.22. The molecule has 1 saturated carbocycles. The Hall–Kier alpha value is -1.85. The Balaban J connectivity index is 2.39. The maximum absolute atomic E-state index is 12.7. The van der Waals surface area contributed by atoms with Crippen LogP contribution in [0.5, 0.6) is 5.75 Å². The molecule has 0 bridgehead atoms. The number of ether oxygens (including phenoxy) is 1. The van der Waals surface area contributed by atoms with Gasteiger partial charge in [-0.2, -0.15) is 0 Å². The number of hydrogen-bond acceptors (Lipinski definition) is 4. The number of nitrogens with zero attached hydrogens (tertiary/aromatic N) is 1. The molecular formula is C11H12FNO4. The monoisotopic (exact) mass is 241 g/mol. The van der Waals surface area contributed by atoms with Crippen molar-refractivity contribution in [3.63, 3.8) is 0 Å². The van der Waals surface area contributed by atoms with Gasteiger partial charge in [-0.3, -0.25) is 4.79 Å². The van der Waals surface area contributed by atoms with E-state index < -0.39 is 23.4 Å². The molecule has 1 aliphatic carbocycles. The lowest BCUT2D eigenvalue weighted by Gasteiger charge is -2.31. The highest BCUT2D eigenvalue weighted by Crippen LogP contribution is 2.34. The van der Waals surface area contributed by atoms with Crippen LogP contribution >= 0.6 is 0 Å². The third kappa shape index (κ3) is 2.02. The van der Waals surface area contributed by atoms with Gasteiger partial charge in [-0.05, 0) is 12.8 Å². The van der Waals surface area contributed by atoms with Crippen molar-refractivity contribution in [1.82, 2.24) is 4.57 Å². The number of hydrogen-bond donors (Lipinski definition) is 1. The van der Waals surface area contributed by atoms with Crippen LogP contribution in [0, 0.1) is 0 Å². The first-order valence-corrected chi connectivity index (χ1v) is 5.20. The highest BCUT2D eigenvalue weighted by atomic mass is 19.1. The predicted octanol–water partition coefficient (Wildman–Crippen LogP) is 1.01. The van der Waals surface area contributed by atoms with Crippen molar-refractivity contribution < 1.29 is 19.0 Å². The Labute approximate surface area is 96.4 Å². The number of carbonyl (C=O) groups excluding carboxylic acids is 1. The number of rotatable bonds is 2. The Kier molecular flexibility index (Phi) is 2.87. The van der Waals surface area contributed by atoms with Crippen LogP contribution in [0.2, 0.25) is 0 Å². The predicted molar refractivity (Wildman–Crippen MR) is 56.9 cm³/mol. The summed E-state index contributed by atoms with van der Waals surface area (Å²) in [5, 5.41) is 9.45. The van der Waals surface area contributed by atoms with E-state index >= 15 is 0 Å². The fraction of sp³-hybridized carbons (Fsp3) is 0.455. The van der Waals surface area contributed by atoms with Crippen LogP contribution in [-0.4, -0.2) is 28.9 Å². The van der Waals surface area contributed by atoms with Gasteiger partial charge in [0, 0.05) is 18.3 Å². The number of aromatic nitrogens is 1.